The lowest BCUT2D eigenvalue weighted by molar-refractivity contribution is 0.0680. The number of hydrogen-bond donors (Lipinski definition) is 0. The number of methoxy groups -OCH3 is 4. The zero-order chi connectivity index (χ0) is 27.5. The largest absolute Gasteiger partial charge is 0.493 e. The molecule has 7 nitrogen and oxygen atoms in total. The van der Waals surface area contributed by atoms with Gasteiger partial charge in [0.2, 0.25) is 0 Å². The first kappa shape index (κ1) is 26.6. The maximum Gasteiger partial charge on any atom is 0.274 e. The van der Waals surface area contributed by atoms with Crippen LogP contribution in [0.5, 0.6) is 23.0 Å². The summed E-state index contributed by atoms with van der Waals surface area (Å²) in [6, 6.07) is 18.3. The third kappa shape index (κ3) is 5.19. The van der Waals surface area contributed by atoms with Crippen LogP contribution in [0.2, 0.25) is 5.02 Å². The number of benzene rings is 3. The van der Waals surface area contributed by atoms with Gasteiger partial charge in [-0.1, -0.05) is 29.8 Å². The van der Waals surface area contributed by atoms with Crippen molar-refractivity contribution in [3.05, 3.63) is 87.9 Å². The molecule has 1 fully saturated rings. The second kappa shape index (κ2) is 11.4. The Labute approximate surface area is 233 Å². The van der Waals surface area contributed by atoms with Gasteiger partial charge in [0.15, 0.2) is 23.0 Å². The number of allylic oxidation sites excluding steroid dienone is 1. The molecule has 0 spiro atoms. The second-order valence-electron chi connectivity index (χ2n) is 9.49. The van der Waals surface area contributed by atoms with Gasteiger partial charge >= 0.3 is 0 Å². The summed E-state index contributed by atoms with van der Waals surface area (Å²) in [7, 11) is 6.46. The molecule has 1 heterocycles. The zero-order valence-corrected chi connectivity index (χ0v) is 23.2. The molecular formula is C31H31ClN2O5. The van der Waals surface area contributed by atoms with Gasteiger partial charge in [-0.05, 0) is 84.5 Å². The Balaban J connectivity index is 1.59. The highest BCUT2D eigenvalue weighted by atomic mass is 35.5. The van der Waals surface area contributed by atoms with Crippen LogP contribution < -0.4 is 18.9 Å². The molecule has 0 aromatic heterocycles. The normalized spacial score (nSPS) is 19.4. The maximum atomic E-state index is 13.9. The topological polar surface area (TPSA) is 69.6 Å². The van der Waals surface area contributed by atoms with Crippen molar-refractivity contribution in [1.29, 1.82) is 0 Å². The van der Waals surface area contributed by atoms with E-state index in [1.807, 2.05) is 36.4 Å². The third-order valence-corrected chi connectivity index (χ3v) is 7.51. The highest BCUT2D eigenvalue weighted by molar-refractivity contribution is 6.31. The number of rotatable bonds is 7. The Bertz CT molecular complexity index is 1450. The van der Waals surface area contributed by atoms with Gasteiger partial charge in [-0.15, -0.1) is 0 Å². The number of hydrogen-bond acceptors (Lipinski definition) is 6. The molecule has 39 heavy (non-hydrogen) atoms. The Morgan fingerprint density at radius 3 is 2.28 bits per heavy atom. The highest BCUT2D eigenvalue weighted by Gasteiger charge is 2.44. The predicted octanol–water partition coefficient (Wildman–Crippen LogP) is 6.81. The molecule has 2 aliphatic rings. The Hall–Kier alpha value is -3.97. The maximum absolute atomic E-state index is 13.9. The fourth-order valence-corrected chi connectivity index (χ4v) is 5.63. The van der Waals surface area contributed by atoms with E-state index in [1.165, 1.54) is 0 Å². The van der Waals surface area contributed by atoms with Gasteiger partial charge in [-0.25, -0.2) is 5.01 Å². The van der Waals surface area contributed by atoms with Crippen LogP contribution in [0.1, 0.15) is 46.8 Å². The average molecular weight is 547 g/mol. The minimum Gasteiger partial charge on any atom is -0.493 e. The number of carbonyl (C=O) groups excluding carboxylic acids is 1. The summed E-state index contributed by atoms with van der Waals surface area (Å²) >= 11 is 6.24. The minimum atomic E-state index is -0.305. The van der Waals surface area contributed by atoms with Gasteiger partial charge < -0.3 is 18.9 Å². The Morgan fingerprint density at radius 1 is 0.897 bits per heavy atom. The molecule has 1 amide bonds. The van der Waals surface area contributed by atoms with Crippen LogP contribution in [0.25, 0.3) is 6.08 Å². The minimum absolute atomic E-state index is 0.0198. The highest BCUT2D eigenvalue weighted by Crippen LogP contribution is 2.46. The Kier molecular flexibility index (Phi) is 7.79. The SMILES string of the molecule is COc1ccc(/C=C2\CCC[C@H]3C2=NN(C(=O)c2cccc(Cl)c2)[C@H]3c2ccc(OC)c(OC)c2)cc1OC. The first-order valence-corrected chi connectivity index (χ1v) is 13.2. The molecule has 1 saturated carbocycles. The lowest BCUT2D eigenvalue weighted by Crippen LogP contribution is -2.32. The van der Waals surface area contributed by atoms with Gasteiger partial charge in [0.1, 0.15) is 0 Å². The number of nitrogens with zero attached hydrogens (tertiary/aromatic N) is 2. The molecule has 5 rings (SSSR count). The lowest BCUT2D eigenvalue weighted by Gasteiger charge is -2.30. The van der Waals surface area contributed by atoms with Gasteiger partial charge in [-0.2, -0.15) is 5.10 Å². The molecule has 8 heteroatoms. The number of hydrazone groups is 1. The van der Waals surface area contributed by atoms with E-state index in [9.17, 15) is 4.79 Å². The number of ether oxygens (including phenoxy) is 4. The molecule has 0 bridgehead atoms. The first-order chi connectivity index (χ1) is 19.0. The predicted molar refractivity (Wildman–Crippen MR) is 152 cm³/mol. The average Bonchev–Trinajstić information content (AvgIpc) is 3.37. The van der Waals surface area contributed by atoms with Crippen LogP contribution in [0.3, 0.4) is 0 Å². The fraction of sp³-hybridized carbons (Fsp3) is 0.290. The van der Waals surface area contributed by atoms with Crippen molar-refractivity contribution in [3.63, 3.8) is 0 Å². The molecular weight excluding hydrogens is 516 g/mol. The summed E-state index contributed by atoms with van der Waals surface area (Å²) in [4.78, 5) is 13.9. The summed E-state index contributed by atoms with van der Waals surface area (Å²) < 4.78 is 22.0. The van der Waals surface area contributed by atoms with Crippen molar-refractivity contribution < 1.29 is 23.7 Å². The third-order valence-electron chi connectivity index (χ3n) is 7.28. The van der Waals surface area contributed by atoms with E-state index in [0.717, 1.165) is 41.7 Å². The van der Waals surface area contributed by atoms with Gasteiger partial charge in [0, 0.05) is 16.5 Å². The first-order valence-electron chi connectivity index (χ1n) is 12.8. The van der Waals surface area contributed by atoms with Crippen LogP contribution in [-0.2, 0) is 0 Å². The van der Waals surface area contributed by atoms with Crippen molar-refractivity contribution in [2.75, 3.05) is 28.4 Å². The van der Waals surface area contributed by atoms with Crippen molar-refractivity contribution >= 4 is 29.3 Å². The van der Waals surface area contributed by atoms with Crippen LogP contribution >= 0.6 is 11.6 Å². The van der Waals surface area contributed by atoms with Crippen molar-refractivity contribution in [3.8, 4) is 23.0 Å². The molecule has 202 valence electrons. The van der Waals surface area contributed by atoms with E-state index in [0.29, 0.717) is 33.6 Å². The molecule has 1 aliphatic heterocycles. The summed E-state index contributed by atoms with van der Waals surface area (Å²) in [6.45, 7) is 0. The van der Waals surface area contributed by atoms with Crippen molar-refractivity contribution in [2.45, 2.75) is 25.3 Å². The van der Waals surface area contributed by atoms with E-state index >= 15 is 0 Å². The zero-order valence-electron chi connectivity index (χ0n) is 22.4. The number of fused-ring (bicyclic) bond motifs is 1. The van der Waals surface area contributed by atoms with Gasteiger partial charge in [-0.3, -0.25) is 4.79 Å². The summed E-state index contributed by atoms with van der Waals surface area (Å²) in [6.07, 6.45) is 4.87. The fourth-order valence-electron chi connectivity index (χ4n) is 5.44. The van der Waals surface area contributed by atoms with Gasteiger partial charge in [0.25, 0.3) is 5.91 Å². The van der Waals surface area contributed by atoms with E-state index in [2.05, 4.69) is 6.08 Å². The molecule has 0 saturated heterocycles. The number of halogens is 1. The molecule has 2 atom stereocenters. The van der Waals surface area contributed by atoms with E-state index in [-0.39, 0.29) is 17.9 Å². The number of carbonyl (C=O) groups is 1. The summed E-state index contributed by atoms with van der Waals surface area (Å²) in [5.74, 6) is 2.39. The summed E-state index contributed by atoms with van der Waals surface area (Å²) in [5, 5.41) is 7.10. The number of amides is 1. The second-order valence-corrected chi connectivity index (χ2v) is 9.92. The lowest BCUT2D eigenvalue weighted by atomic mass is 9.77. The van der Waals surface area contributed by atoms with E-state index in [1.54, 1.807) is 57.7 Å². The van der Waals surface area contributed by atoms with Gasteiger partial charge in [0.05, 0.1) is 40.2 Å². The molecule has 3 aromatic carbocycles. The molecule has 0 unspecified atom stereocenters. The molecule has 1 aliphatic carbocycles. The summed E-state index contributed by atoms with van der Waals surface area (Å²) in [5.41, 5.74) is 4.42. The smallest absolute Gasteiger partial charge is 0.274 e. The van der Waals surface area contributed by atoms with E-state index < -0.39 is 0 Å². The van der Waals surface area contributed by atoms with Crippen molar-refractivity contribution in [2.24, 2.45) is 11.0 Å². The molecule has 3 aromatic rings. The standard InChI is InChI=1S/C31H31ClN2O5/c1-36-25-13-11-19(16-27(25)38-3)15-20-7-6-10-24-29(20)33-34(31(35)22-8-5-9-23(32)17-22)30(24)21-12-14-26(37-2)28(18-21)39-4/h5,8-9,11-18,24,30H,6-7,10H2,1-4H3/b20-15+/t24-,30-/m0/s1. The van der Waals surface area contributed by atoms with Crippen LogP contribution in [0.15, 0.2) is 71.3 Å². The Morgan fingerprint density at radius 2 is 1.59 bits per heavy atom. The van der Waals surface area contributed by atoms with Crippen LogP contribution in [0, 0.1) is 5.92 Å². The quantitative estimate of drug-likeness (QED) is 0.325. The van der Waals surface area contributed by atoms with E-state index in [4.69, 9.17) is 35.6 Å². The van der Waals surface area contributed by atoms with Crippen LogP contribution in [0.4, 0.5) is 0 Å². The molecule has 0 radical (unpaired) electrons. The van der Waals surface area contributed by atoms with Crippen LogP contribution in [-0.4, -0.2) is 45.1 Å². The van der Waals surface area contributed by atoms with Crippen molar-refractivity contribution in [1.82, 2.24) is 5.01 Å². The monoisotopic (exact) mass is 546 g/mol. The molecule has 0 N–H and O–H groups in total.